The zero-order valence-electron chi connectivity index (χ0n) is 29.3. The summed E-state index contributed by atoms with van der Waals surface area (Å²) in [6.45, 7) is 6.53. The van der Waals surface area contributed by atoms with Crippen LogP contribution in [0.4, 0.5) is 16.2 Å². The second-order valence-electron chi connectivity index (χ2n) is 13.2. The van der Waals surface area contributed by atoms with Gasteiger partial charge in [0.15, 0.2) is 0 Å². The summed E-state index contributed by atoms with van der Waals surface area (Å²) in [6.07, 6.45) is 1.81. The fraction of sp³-hybridized carbons (Fsp3) is 0.375. The molecule has 50 heavy (non-hydrogen) atoms. The molecule has 10 heteroatoms. The van der Waals surface area contributed by atoms with Crippen LogP contribution in [0.15, 0.2) is 91.0 Å². The standard InChI is InChI=1S/C40H48N4O6/c1-27-24-44(28(2)26-45)39(47)34-23-32(41-38(46)31-15-6-5-7-16-31)20-21-36(34)50-29(3)13-10-11-22-49-37(27)25-43(4)40(48)42-35-19-12-17-30-14-8-9-18-33(30)35/h5-9,12,14-21,23,27-29,37,45H,10-11,13,22,24-26H2,1-4H3,(H,41,46)(H,42,48)/t27-,28+,29+,37+/m0/s1. The Bertz CT molecular complexity index is 1760. The van der Waals surface area contributed by atoms with Crippen LogP contribution in [0.2, 0.25) is 0 Å². The Balaban J connectivity index is 1.38. The number of fused-ring (bicyclic) bond motifs is 2. The monoisotopic (exact) mass is 680 g/mol. The van der Waals surface area contributed by atoms with Crippen molar-refractivity contribution in [2.75, 3.05) is 44.0 Å². The predicted octanol–water partition coefficient (Wildman–Crippen LogP) is 7.05. The van der Waals surface area contributed by atoms with E-state index >= 15 is 0 Å². The van der Waals surface area contributed by atoms with E-state index in [0.29, 0.717) is 30.2 Å². The first-order valence-corrected chi connectivity index (χ1v) is 17.3. The summed E-state index contributed by atoms with van der Waals surface area (Å²) >= 11 is 0. The summed E-state index contributed by atoms with van der Waals surface area (Å²) in [5.74, 6) is -0.434. The maximum Gasteiger partial charge on any atom is 0.321 e. The van der Waals surface area contributed by atoms with Crippen LogP contribution < -0.4 is 15.4 Å². The minimum absolute atomic E-state index is 0.184. The third-order valence-corrected chi connectivity index (χ3v) is 9.18. The largest absolute Gasteiger partial charge is 0.490 e. The topological polar surface area (TPSA) is 120 Å². The van der Waals surface area contributed by atoms with E-state index in [0.717, 1.165) is 35.7 Å². The molecule has 3 N–H and O–H groups in total. The van der Waals surface area contributed by atoms with Gasteiger partial charge < -0.3 is 35.0 Å². The summed E-state index contributed by atoms with van der Waals surface area (Å²) in [7, 11) is 1.74. The van der Waals surface area contributed by atoms with E-state index < -0.39 is 12.1 Å². The van der Waals surface area contributed by atoms with Gasteiger partial charge in [-0.1, -0.05) is 61.5 Å². The fourth-order valence-electron chi connectivity index (χ4n) is 6.15. The smallest absolute Gasteiger partial charge is 0.321 e. The van der Waals surface area contributed by atoms with Crippen molar-refractivity contribution in [1.29, 1.82) is 0 Å². The highest BCUT2D eigenvalue weighted by Crippen LogP contribution is 2.29. The van der Waals surface area contributed by atoms with Gasteiger partial charge in [0.05, 0.1) is 36.1 Å². The molecule has 1 aliphatic rings. The lowest BCUT2D eigenvalue weighted by atomic mass is 10.0. The number of benzene rings is 4. The molecule has 1 heterocycles. The maximum atomic E-state index is 14.4. The van der Waals surface area contributed by atoms with E-state index in [1.807, 2.05) is 62.4 Å². The van der Waals surface area contributed by atoms with Gasteiger partial charge in [0.25, 0.3) is 11.8 Å². The highest BCUT2D eigenvalue weighted by Gasteiger charge is 2.31. The van der Waals surface area contributed by atoms with E-state index in [-0.39, 0.29) is 48.6 Å². The molecule has 0 saturated heterocycles. The van der Waals surface area contributed by atoms with E-state index in [9.17, 15) is 19.5 Å². The number of aliphatic hydroxyl groups excluding tert-OH is 1. The lowest BCUT2D eigenvalue weighted by molar-refractivity contribution is -0.0115. The molecule has 0 spiro atoms. The van der Waals surface area contributed by atoms with Gasteiger partial charge in [0, 0.05) is 49.3 Å². The van der Waals surface area contributed by atoms with E-state index in [4.69, 9.17) is 9.47 Å². The molecule has 0 bridgehead atoms. The first-order valence-electron chi connectivity index (χ1n) is 17.3. The first-order chi connectivity index (χ1) is 24.1. The quantitative estimate of drug-likeness (QED) is 0.192. The number of nitrogens with zero attached hydrogens (tertiary/aromatic N) is 2. The highest BCUT2D eigenvalue weighted by molar-refractivity contribution is 6.05. The molecule has 0 radical (unpaired) electrons. The van der Waals surface area contributed by atoms with Gasteiger partial charge in [-0.05, 0) is 74.9 Å². The average molecular weight is 681 g/mol. The number of ether oxygens (including phenoxy) is 2. The van der Waals surface area contributed by atoms with Crippen LogP contribution in [0.1, 0.15) is 60.7 Å². The van der Waals surface area contributed by atoms with Crippen molar-refractivity contribution in [2.45, 2.75) is 58.3 Å². The van der Waals surface area contributed by atoms with Crippen molar-refractivity contribution in [1.82, 2.24) is 9.80 Å². The lowest BCUT2D eigenvalue weighted by Gasteiger charge is -2.35. The zero-order valence-corrected chi connectivity index (χ0v) is 29.3. The summed E-state index contributed by atoms with van der Waals surface area (Å²) in [5.41, 5.74) is 1.96. The van der Waals surface area contributed by atoms with Gasteiger partial charge in [0.1, 0.15) is 5.75 Å². The summed E-state index contributed by atoms with van der Waals surface area (Å²) in [5, 5.41) is 18.2. The van der Waals surface area contributed by atoms with Crippen molar-refractivity contribution in [3.8, 4) is 5.75 Å². The number of anilines is 2. The fourth-order valence-corrected chi connectivity index (χ4v) is 6.15. The Morgan fingerprint density at radius 3 is 2.48 bits per heavy atom. The van der Waals surface area contributed by atoms with Crippen molar-refractivity contribution >= 4 is 40.0 Å². The molecule has 0 saturated carbocycles. The maximum absolute atomic E-state index is 14.4. The third kappa shape index (κ3) is 9.19. The molecular formula is C40H48N4O6. The van der Waals surface area contributed by atoms with Crippen molar-refractivity contribution in [3.63, 3.8) is 0 Å². The number of carbonyl (C=O) groups excluding carboxylic acids is 3. The molecular weight excluding hydrogens is 632 g/mol. The van der Waals surface area contributed by atoms with E-state index in [1.54, 1.807) is 66.2 Å². The Kier molecular flexibility index (Phi) is 12.5. The first kappa shape index (κ1) is 36.4. The normalized spacial score (nSPS) is 19.4. The van der Waals surface area contributed by atoms with Crippen LogP contribution in [0, 0.1) is 5.92 Å². The lowest BCUT2D eigenvalue weighted by Crippen LogP contribution is -2.48. The number of hydrogen-bond donors (Lipinski definition) is 3. The number of rotatable bonds is 7. The van der Waals surface area contributed by atoms with E-state index in [2.05, 4.69) is 10.6 Å². The van der Waals surface area contributed by atoms with Crippen molar-refractivity contribution < 1.29 is 29.0 Å². The summed E-state index contributed by atoms with van der Waals surface area (Å²) in [6, 6.07) is 26.9. The number of amides is 4. The number of nitrogens with one attached hydrogen (secondary N) is 2. The highest BCUT2D eigenvalue weighted by atomic mass is 16.5. The Hall–Kier alpha value is -4.93. The molecule has 4 atom stereocenters. The molecule has 0 aromatic heterocycles. The van der Waals surface area contributed by atoms with Gasteiger partial charge in [0.2, 0.25) is 0 Å². The minimum atomic E-state index is -0.529. The number of hydrogen-bond acceptors (Lipinski definition) is 6. The number of urea groups is 1. The zero-order chi connectivity index (χ0) is 35.6. The van der Waals surface area contributed by atoms with Crippen LogP contribution in [0.3, 0.4) is 0 Å². The molecule has 4 aromatic carbocycles. The Morgan fingerprint density at radius 1 is 0.960 bits per heavy atom. The van der Waals surface area contributed by atoms with Gasteiger partial charge >= 0.3 is 6.03 Å². The molecule has 1 aliphatic heterocycles. The van der Waals surface area contributed by atoms with Crippen molar-refractivity contribution in [2.24, 2.45) is 5.92 Å². The number of likely N-dealkylation sites (N-methyl/N-ethyl adjacent to an activating group) is 1. The predicted molar refractivity (Wildman–Crippen MR) is 197 cm³/mol. The molecule has 0 aliphatic carbocycles. The molecule has 264 valence electrons. The van der Waals surface area contributed by atoms with E-state index in [1.165, 1.54) is 0 Å². The van der Waals surface area contributed by atoms with Crippen LogP contribution in [0.25, 0.3) is 10.8 Å². The SMILES string of the molecule is C[C@@H]1CCCCO[C@H](CN(C)C(=O)Nc2cccc3ccccc23)[C@@H](C)CN([C@H](C)CO)C(=O)c2cc(NC(=O)c3ccccc3)ccc2O1. The molecule has 4 aromatic rings. The van der Waals surface area contributed by atoms with Crippen LogP contribution in [0.5, 0.6) is 5.75 Å². The second-order valence-corrected chi connectivity index (χ2v) is 13.2. The van der Waals surface area contributed by atoms with Crippen LogP contribution >= 0.6 is 0 Å². The molecule has 5 rings (SSSR count). The summed E-state index contributed by atoms with van der Waals surface area (Å²) < 4.78 is 12.7. The minimum Gasteiger partial charge on any atom is -0.490 e. The van der Waals surface area contributed by atoms with Gasteiger partial charge in [-0.25, -0.2) is 4.79 Å². The van der Waals surface area contributed by atoms with Crippen molar-refractivity contribution in [3.05, 3.63) is 102 Å². The molecule has 0 unspecified atom stereocenters. The Labute approximate surface area is 294 Å². The van der Waals surface area contributed by atoms with Crippen LogP contribution in [-0.4, -0.2) is 84.4 Å². The Morgan fingerprint density at radius 2 is 1.70 bits per heavy atom. The third-order valence-electron chi connectivity index (χ3n) is 9.18. The summed E-state index contributed by atoms with van der Waals surface area (Å²) in [4.78, 5) is 44.1. The second kappa shape index (κ2) is 17.1. The number of aliphatic hydroxyl groups is 1. The number of carbonyl (C=O) groups is 3. The van der Waals surface area contributed by atoms with Crippen LogP contribution in [-0.2, 0) is 4.74 Å². The van der Waals surface area contributed by atoms with Gasteiger partial charge in [-0.2, -0.15) is 0 Å². The molecule has 4 amide bonds. The molecule has 10 nitrogen and oxygen atoms in total. The average Bonchev–Trinajstić information content (AvgIpc) is 3.13. The van der Waals surface area contributed by atoms with Gasteiger partial charge in [-0.3, -0.25) is 9.59 Å². The molecule has 0 fully saturated rings. The van der Waals surface area contributed by atoms with Gasteiger partial charge in [-0.15, -0.1) is 0 Å².